The first-order valence-corrected chi connectivity index (χ1v) is 7.55. The van der Waals surface area contributed by atoms with Crippen molar-refractivity contribution < 1.29 is 9.53 Å². The molecule has 0 saturated heterocycles. The Bertz CT molecular complexity index is 644. The maximum absolute atomic E-state index is 12.5. The Kier molecular flexibility index (Phi) is 4.24. The predicted molar refractivity (Wildman–Crippen MR) is 80.5 cm³/mol. The summed E-state index contributed by atoms with van der Waals surface area (Å²) in [4.78, 5) is 12.5. The average molecular weight is 303 g/mol. The molecule has 1 aliphatic rings. The van der Waals surface area contributed by atoms with Crippen molar-refractivity contribution >= 4 is 5.91 Å². The third-order valence-corrected chi connectivity index (χ3v) is 3.87. The molecule has 0 aromatic carbocycles. The van der Waals surface area contributed by atoms with Gasteiger partial charge in [0.15, 0.2) is 5.82 Å². The summed E-state index contributed by atoms with van der Waals surface area (Å²) in [6.07, 6.45) is 5.92. The first kappa shape index (κ1) is 14.8. The van der Waals surface area contributed by atoms with Crippen LogP contribution in [0.4, 0.5) is 0 Å². The van der Waals surface area contributed by atoms with Crippen LogP contribution in [0.15, 0.2) is 24.7 Å². The molecule has 1 amide bonds. The molecular formula is C15H21N5O2. The molecule has 2 aromatic rings. The Morgan fingerprint density at radius 2 is 2.36 bits per heavy atom. The van der Waals surface area contributed by atoms with Gasteiger partial charge >= 0.3 is 0 Å². The molecular weight excluding hydrogens is 282 g/mol. The molecule has 2 heterocycles. The summed E-state index contributed by atoms with van der Waals surface area (Å²) < 4.78 is 9.02. The number of methoxy groups -OCH3 is 1. The molecule has 0 unspecified atom stereocenters. The maximum Gasteiger partial charge on any atom is 0.268 e. The van der Waals surface area contributed by atoms with Gasteiger partial charge in [0.1, 0.15) is 12.0 Å². The van der Waals surface area contributed by atoms with E-state index in [0.29, 0.717) is 24.9 Å². The van der Waals surface area contributed by atoms with Gasteiger partial charge in [0.25, 0.3) is 5.91 Å². The van der Waals surface area contributed by atoms with Crippen molar-refractivity contribution in [1.29, 1.82) is 0 Å². The minimum Gasteiger partial charge on any atom is -0.383 e. The molecule has 0 spiro atoms. The molecule has 118 valence electrons. The molecule has 0 radical (unpaired) electrons. The summed E-state index contributed by atoms with van der Waals surface area (Å²) >= 11 is 0. The topological polar surface area (TPSA) is 74.0 Å². The quantitative estimate of drug-likeness (QED) is 0.842. The Morgan fingerprint density at radius 1 is 1.55 bits per heavy atom. The third-order valence-electron chi connectivity index (χ3n) is 3.87. The lowest BCUT2D eigenvalue weighted by molar-refractivity contribution is 0.0927. The largest absolute Gasteiger partial charge is 0.383 e. The third kappa shape index (κ3) is 3.04. The molecule has 1 aliphatic carbocycles. The minimum atomic E-state index is -0.214. The van der Waals surface area contributed by atoms with E-state index in [4.69, 9.17) is 4.74 Å². The van der Waals surface area contributed by atoms with Crippen molar-refractivity contribution in [3.05, 3.63) is 36.2 Å². The van der Waals surface area contributed by atoms with E-state index < -0.39 is 0 Å². The van der Waals surface area contributed by atoms with E-state index in [1.54, 1.807) is 13.4 Å². The number of ether oxygens (including phenoxy) is 1. The molecule has 7 nitrogen and oxygen atoms in total. The van der Waals surface area contributed by atoms with Crippen LogP contribution in [0, 0.1) is 0 Å². The van der Waals surface area contributed by atoms with Gasteiger partial charge in [0.2, 0.25) is 0 Å². The van der Waals surface area contributed by atoms with E-state index in [2.05, 4.69) is 20.1 Å². The van der Waals surface area contributed by atoms with Crippen LogP contribution >= 0.6 is 0 Å². The second kappa shape index (κ2) is 6.31. The van der Waals surface area contributed by atoms with Crippen molar-refractivity contribution in [2.24, 2.45) is 0 Å². The highest BCUT2D eigenvalue weighted by molar-refractivity contribution is 5.93. The summed E-state index contributed by atoms with van der Waals surface area (Å²) in [6.45, 7) is 3.16. The minimum absolute atomic E-state index is 0.0781. The van der Waals surface area contributed by atoms with Crippen molar-refractivity contribution in [3.8, 4) is 0 Å². The molecule has 1 N–H and O–H groups in total. The highest BCUT2D eigenvalue weighted by Crippen LogP contribution is 2.36. The van der Waals surface area contributed by atoms with Gasteiger partial charge in [-0.1, -0.05) is 0 Å². The molecule has 2 aromatic heterocycles. The summed E-state index contributed by atoms with van der Waals surface area (Å²) in [6, 6.07) is 4.04. The maximum atomic E-state index is 12.5. The van der Waals surface area contributed by atoms with Crippen LogP contribution in [-0.4, -0.2) is 39.0 Å². The number of nitrogens with one attached hydrogen (secondary N) is 1. The van der Waals surface area contributed by atoms with Gasteiger partial charge in [-0.3, -0.25) is 4.79 Å². The van der Waals surface area contributed by atoms with E-state index in [1.165, 1.54) is 0 Å². The number of amides is 1. The van der Waals surface area contributed by atoms with Crippen LogP contribution in [0.1, 0.15) is 48.2 Å². The first-order chi connectivity index (χ1) is 10.7. The first-order valence-electron chi connectivity index (χ1n) is 7.55. The second-order valence-corrected chi connectivity index (χ2v) is 5.60. The zero-order chi connectivity index (χ0) is 15.5. The van der Waals surface area contributed by atoms with Crippen molar-refractivity contribution in [1.82, 2.24) is 24.6 Å². The number of carbonyl (C=O) groups is 1. The van der Waals surface area contributed by atoms with Crippen molar-refractivity contribution in [3.63, 3.8) is 0 Å². The van der Waals surface area contributed by atoms with Gasteiger partial charge in [-0.25, -0.2) is 0 Å². The number of hydrogen-bond acceptors (Lipinski definition) is 4. The fourth-order valence-corrected chi connectivity index (χ4v) is 2.55. The molecule has 0 bridgehead atoms. The zero-order valence-corrected chi connectivity index (χ0v) is 12.9. The number of aromatic nitrogens is 4. The molecule has 22 heavy (non-hydrogen) atoms. The Labute approximate surface area is 129 Å². The van der Waals surface area contributed by atoms with E-state index in [-0.39, 0.29) is 11.9 Å². The van der Waals surface area contributed by atoms with Gasteiger partial charge in [0, 0.05) is 25.9 Å². The summed E-state index contributed by atoms with van der Waals surface area (Å²) in [7, 11) is 1.65. The lowest BCUT2D eigenvalue weighted by Crippen LogP contribution is -2.30. The lowest BCUT2D eigenvalue weighted by atomic mass is 10.3. The smallest absolute Gasteiger partial charge is 0.268 e. The van der Waals surface area contributed by atoms with Crippen LogP contribution in [0.25, 0.3) is 0 Å². The number of rotatable bonds is 7. The van der Waals surface area contributed by atoms with Gasteiger partial charge in [0.05, 0.1) is 12.6 Å². The monoisotopic (exact) mass is 303 g/mol. The highest BCUT2D eigenvalue weighted by atomic mass is 16.5. The predicted octanol–water partition coefficient (Wildman–Crippen LogP) is 1.55. The molecule has 3 rings (SSSR count). The fraction of sp³-hybridized carbons (Fsp3) is 0.533. The van der Waals surface area contributed by atoms with Crippen LogP contribution < -0.4 is 5.32 Å². The Morgan fingerprint density at radius 3 is 3.09 bits per heavy atom. The molecule has 7 heteroatoms. The van der Waals surface area contributed by atoms with Gasteiger partial charge in [-0.15, -0.1) is 10.2 Å². The van der Waals surface area contributed by atoms with Gasteiger partial charge < -0.3 is 19.2 Å². The SMILES string of the molecule is COCCn1cnnc1[C@@H](C)NC(=O)c1cccn1C1CC1. The van der Waals surface area contributed by atoms with Crippen LogP contribution in [-0.2, 0) is 11.3 Å². The standard InChI is InChI=1S/C15H21N5O2/c1-11(14-18-16-10-19(14)8-9-22-2)17-15(21)13-4-3-7-20(13)12-5-6-12/h3-4,7,10-12H,5-6,8-9H2,1-2H3,(H,17,21)/t11-/m1/s1. The summed E-state index contributed by atoms with van der Waals surface area (Å²) in [5, 5.41) is 11.0. The van der Waals surface area contributed by atoms with E-state index >= 15 is 0 Å². The number of nitrogens with zero attached hydrogens (tertiary/aromatic N) is 4. The summed E-state index contributed by atoms with van der Waals surface area (Å²) in [5.41, 5.74) is 0.706. The number of hydrogen-bond donors (Lipinski definition) is 1. The van der Waals surface area contributed by atoms with E-state index in [9.17, 15) is 4.79 Å². The van der Waals surface area contributed by atoms with Gasteiger partial charge in [-0.2, -0.15) is 0 Å². The fourth-order valence-electron chi connectivity index (χ4n) is 2.55. The van der Waals surface area contributed by atoms with Gasteiger partial charge in [-0.05, 0) is 31.9 Å². The lowest BCUT2D eigenvalue weighted by Gasteiger charge is -2.15. The number of carbonyl (C=O) groups excluding carboxylic acids is 1. The van der Waals surface area contributed by atoms with E-state index in [0.717, 1.165) is 18.7 Å². The zero-order valence-electron chi connectivity index (χ0n) is 12.9. The molecule has 0 aliphatic heterocycles. The van der Waals surface area contributed by atoms with Crippen LogP contribution in [0.5, 0.6) is 0 Å². The van der Waals surface area contributed by atoms with Crippen LogP contribution in [0.3, 0.4) is 0 Å². The highest BCUT2D eigenvalue weighted by Gasteiger charge is 2.27. The normalized spacial score (nSPS) is 15.7. The Balaban J connectivity index is 1.68. The van der Waals surface area contributed by atoms with Crippen LogP contribution in [0.2, 0.25) is 0 Å². The van der Waals surface area contributed by atoms with E-state index in [1.807, 2.05) is 29.8 Å². The molecule has 1 atom stereocenters. The molecule has 1 fully saturated rings. The van der Waals surface area contributed by atoms with Crippen molar-refractivity contribution in [2.75, 3.05) is 13.7 Å². The average Bonchev–Trinajstić information content (AvgIpc) is 3.05. The summed E-state index contributed by atoms with van der Waals surface area (Å²) in [5.74, 6) is 0.653. The second-order valence-electron chi connectivity index (χ2n) is 5.60. The van der Waals surface area contributed by atoms with Crippen molar-refractivity contribution in [2.45, 2.75) is 38.4 Å². The molecule has 1 saturated carbocycles. The Hall–Kier alpha value is -2.15.